The van der Waals surface area contributed by atoms with Crippen LogP contribution in [0.1, 0.15) is 0 Å². The van der Waals surface area contributed by atoms with Crippen molar-refractivity contribution in [2.45, 2.75) is 0 Å². The van der Waals surface area contributed by atoms with E-state index in [-0.39, 0.29) is 16.8 Å². The third-order valence-electron chi connectivity index (χ3n) is 2.32. The van der Waals surface area contributed by atoms with Crippen molar-refractivity contribution < 1.29 is 13.2 Å². The summed E-state index contributed by atoms with van der Waals surface area (Å²) in [7, 11) is 0. The smallest absolute Gasteiger partial charge is 0.347 e. The van der Waals surface area contributed by atoms with Crippen molar-refractivity contribution in [3.8, 4) is 11.7 Å². The normalized spacial score (nSPS) is 10.9. The fourth-order valence-electron chi connectivity index (χ4n) is 1.55. The molecule has 0 bridgehead atoms. The third kappa shape index (κ3) is 1.61. The molecule has 0 fully saturated rings. The molecule has 0 N–H and O–H groups in total. The largest absolute Gasteiger partial charge is 0.459 e. The van der Waals surface area contributed by atoms with Crippen LogP contribution in [0.5, 0.6) is 0 Å². The van der Waals surface area contributed by atoms with E-state index in [0.717, 1.165) is 0 Å². The van der Waals surface area contributed by atoms with Gasteiger partial charge in [-0.3, -0.25) is 0 Å². The fourth-order valence-corrected chi connectivity index (χ4v) is 1.55. The Morgan fingerprint density at radius 1 is 1.24 bits per heavy atom. The highest BCUT2D eigenvalue weighted by atomic mass is 19.1. The molecule has 0 saturated heterocycles. The standard InChI is InChI=1S/C12H6FNO3/c13-7-3-4-8-9(6-7)14-11(17-12(8)15)10-2-1-5-16-10/h1-6H. The summed E-state index contributed by atoms with van der Waals surface area (Å²) < 4.78 is 23.1. The number of benzene rings is 1. The number of halogens is 1. The third-order valence-corrected chi connectivity index (χ3v) is 2.32. The predicted molar refractivity (Wildman–Crippen MR) is 57.9 cm³/mol. The molecule has 0 aliphatic rings. The number of fused-ring (bicyclic) bond motifs is 1. The summed E-state index contributed by atoms with van der Waals surface area (Å²) in [6, 6.07) is 6.96. The molecular formula is C12H6FNO3. The lowest BCUT2D eigenvalue weighted by Crippen LogP contribution is -2.02. The van der Waals surface area contributed by atoms with Gasteiger partial charge in [0.2, 0.25) is 0 Å². The topological polar surface area (TPSA) is 56.2 Å². The van der Waals surface area contributed by atoms with Gasteiger partial charge >= 0.3 is 5.63 Å². The van der Waals surface area contributed by atoms with Crippen molar-refractivity contribution in [3.63, 3.8) is 0 Å². The molecule has 3 rings (SSSR count). The van der Waals surface area contributed by atoms with Crippen molar-refractivity contribution in [3.05, 3.63) is 52.8 Å². The summed E-state index contributed by atoms with van der Waals surface area (Å²) in [5.41, 5.74) is -0.325. The second-order valence-corrected chi connectivity index (χ2v) is 3.45. The van der Waals surface area contributed by atoms with Gasteiger partial charge in [-0.2, -0.15) is 0 Å². The molecule has 5 heteroatoms. The molecule has 84 valence electrons. The zero-order chi connectivity index (χ0) is 11.8. The van der Waals surface area contributed by atoms with Crippen LogP contribution in [-0.4, -0.2) is 4.98 Å². The van der Waals surface area contributed by atoms with Crippen LogP contribution in [0, 0.1) is 5.82 Å². The minimum atomic E-state index is -0.568. The zero-order valence-corrected chi connectivity index (χ0v) is 8.51. The molecule has 17 heavy (non-hydrogen) atoms. The SMILES string of the molecule is O=c1oc(-c2ccco2)nc2cc(F)ccc12. The van der Waals surface area contributed by atoms with Gasteiger partial charge in [0.25, 0.3) is 5.89 Å². The van der Waals surface area contributed by atoms with Crippen LogP contribution >= 0.6 is 0 Å². The number of rotatable bonds is 1. The molecule has 0 saturated carbocycles. The van der Waals surface area contributed by atoms with Crippen LogP contribution in [0.4, 0.5) is 4.39 Å². The van der Waals surface area contributed by atoms with E-state index in [1.54, 1.807) is 12.1 Å². The molecule has 0 radical (unpaired) electrons. The lowest BCUT2D eigenvalue weighted by Gasteiger charge is -1.98. The minimum absolute atomic E-state index is 0.0399. The summed E-state index contributed by atoms with van der Waals surface area (Å²) in [6.07, 6.45) is 1.44. The predicted octanol–water partition coefficient (Wildman–Crippen LogP) is 2.59. The fraction of sp³-hybridized carbons (Fsp3) is 0. The Hall–Kier alpha value is -2.43. The lowest BCUT2D eigenvalue weighted by atomic mass is 10.2. The van der Waals surface area contributed by atoms with Gasteiger partial charge in [0.1, 0.15) is 5.82 Å². The van der Waals surface area contributed by atoms with Crippen LogP contribution in [0.3, 0.4) is 0 Å². The van der Waals surface area contributed by atoms with E-state index in [1.807, 2.05) is 0 Å². The van der Waals surface area contributed by atoms with Crippen LogP contribution in [0.15, 0.2) is 50.2 Å². The monoisotopic (exact) mass is 231 g/mol. The number of aromatic nitrogens is 1. The summed E-state index contributed by atoms with van der Waals surface area (Å²) in [5, 5.41) is 0.238. The summed E-state index contributed by atoms with van der Waals surface area (Å²) in [5.74, 6) is -0.0904. The molecule has 3 aromatic rings. The second kappa shape index (κ2) is 3.55. The van der Waals surface area contributed by atoms with E-state index >= 15 is 0 Å². The Morgan fingerprint density at radius 3 is 2.88 bits per heavy atom. The molecule has 0 spiro atoms. The van der Waals surface area contributed by atoms with Crippen molar-refractivity contribution in [1.82, 2.24) is 4.98 Å². The van der Waals surface area contributed by atoms with E-state index in [9.17, 15) is 9.18 Å². The number of hydrogen-bond donors (Lipinski definition) is 0. The first kappa shape index (κ1) is 9.77. The van der Waals surface area contributed by atoms with Crippen LogP contribution in [-0.2, 0) is 0 Å². The first-order valence-corrected chi connectivity index (χ1v) is 4.88. The van der Waals surface area contributed by atoms with E-state index in [4.69, 9.17) is 8.83 Å². The van der Waals surface area contributed by atoms with Crippen molar-refractivity contribution >= 4 is 10.9 Å². The average molecular weight is 231 g/mol. The maximum Gasteiger partial charge on any atom is 0.347 e. The van der Waals surface area contributed by atoms with Gasteiger partial charge < -0.3 is 8.83 Å². The van der Waals surface area contributed by atoms with Crippen molar-refractivity contribution in [2.24, 2.45) is 0 Å². The van der Waals surface area contributed by atoms with Crippen LogP contribution in [0.25, 0.3) is 22.6 Å². The van der Waals surface area contributed by atoms with Gasteiger partial charge in [-0.25, -0.2) is 14.2 Å². The van der Waals surface area contributed by atoms with Crippen LogP contribution < -0.4 is 5.63 Å². The van der Waals surface area contributed by atoms with E-state index in [2.05, 4.69) is 4.98 Å². The Bertz CT molecular complexity index is 731. The molecule has 1 aromatic carbocycles. The van der Waals surface area contributed by atoms with Gasteiger partial charge in [0.05, 0.1) is 17.2 Å². The molecule has 2 heterocycles. The number of hydrogen-bond acceptors (Lipinski definition) is 4. The van der Waals surface area contributed by atoms with Gasteiger partial charge in [0.15, 0.2) is 5.76 Å². The lowest BCUT2D eigenvalue weighted by molar-refractivity contribution is 0.482. The first-order chi connectivity index (χ1) is 8.24. The molecule has 0 unspecified atom stereocenters. The van der Waals surface area contributed by atoms with Crippen LogP contribution in [0.2, 0.25) is 0 Å². The highest BCUT2D eigenvalue weighted by molar-refractivity contribution is 5.78. The highest BCUT2D eigenvalue weighted by Gasteiger charge is 2.10. The Labute approximate surface area is 94.3 Å². The second-order valence-electron chi connectivity index (χ2n) is 3.45. The Morgan fingerprint density at radius 2 is 2.12 bits per heavy atom. The summed E-state index contributed by atoms with van der Waals surface area (Å²) in [4.78, 5) is 15.7. The maximum absolute atomic E-state index is 13.0. The average Bonchev–Trinajstić information content (AvgIpc) is 2.81. The number of furan rings is 1. The van der Waals surface area contributed by atoms with Gasteiger partial charge in [-0.15, -0.1) is 0 Å². The van der Waals surface area contributed by atoms with Gasteiger partial charge in [0, 0.05) is 6.07 Å². The van der Waals surface area contributed by atoms with Crippen molar-refractivity contribution in [2.75, 3.05) is 0 Å². The van der Waals surface area contributed by atoms with Gasteiger partial charge in [-0.1, -0.05) is 0 Å². The minimum Gasteiger partial charge on any atom is -0.459 e. The molecule has 4 nitrogen and oxygen atoms in total. The summed E-state index contributed by atoms with van der Waals surface area (Å²) >= 11 is 0. The number of nitrogens with zero attached hydrogens (tertiary/aromatic N) is 1. The maximum atomic E-state index is 13.0. The summed E-state index contributed by atoms with van der Waals surface area (Å²) in [6.45, 7) is 0. The highest BCUT2D eigenvalue weighted by Crippen LogP contribution is 2.19. The van der Waals surface area contributed by atoms with E-state index < -0.39 is 11.4 Å². The van der Waals surface area contributed by atoms with E-state index in [0.29, 0.717) is 5.76 Å². The van der Waals surface area contributed by atoms with Gasteiger partial charge in [-0.05, 0) is 24.3 Å². The molecule has 0 amide bonds. The Kier molecular flexibility index (Phi) is 2.04. The molecular weight excluding hydrogens is 225 g/mol. The zero-order valence-electron chi connectivity index (χ0n) is 8.51. The first-order valence-electron chi connectivity index (χ1n) is 4.88. The van der Waals surface area contributed by atoms with E-state index in [1.165, 1.54) is 24.5 Å². The molecule has 2 aromatic heterocycles. The molecule has 0 aliphatic carbocycles. The molecule has 0 atom stereocenters. The Balaban J connectivity index is 2.33. The quantitative estimate of drug-likeness (QED) is 0.645. The van der Waals surface area contributed by atoms with Crippen molar-refractivity contribution in [1.29, 1.82) is 0 Å². The molecule has 0 aliphatic heterocycles.